The highest BCUT2D eigenvalue weighted by atomic mass is 16.5. The highest BCUT2D eigenvalue weighted by molar-refractivity contribution is 5.29. The molecule has 1 aromatic rings. The fourth-order valence-electron chi connectivity index (χ4n) is 2.21. The van der Waals surface area contributed by atoms with E-state index in [4.69, 9.17) is 4.74 Å². The molecule has 1 N–H and O–H groups in total. The lowest BCUT2D eigenvalue weighted by molar-refractivity contribution is 0.167. The van der Waals surface area contributed by atoms with E-state index in [0.29, 0.717) is 0 Å². The number of nitrogens with one attached hydrogen (secondary N) is 1. The number of benzene rings is 1. The molecule has 0 bridgehead atoms. The minimum absolute atomic E-state index is 0.214. The van der Waals surface area contributed by atoms with Gasteiger partial charge in [-0.1, -0.05) is 36.8 Å². The normalized spacial score (nSPS) is 16.9. The van der Waals surface area contributed by atoms with E-state index in [0.717, 1.165) is 38.2 Å². The zero-order valence-corrected chi connectivity index (χ0v) is 11.4. The van der Waals surface area contributed by atoms with E-state index >= 15 is 0 Å². The average molecular weight is 245 g/mol. The van der Waals surface area contributed by atoms with E-state index < -0.39 is 0 Å². The molecule has 0 saturated carbocycles. The second-order valence-electron chi connectivity index (χ2n) is 4.90. The van der Waals surface area contributed by atoms with Gasteiger partial charge in [0.2, 0.25) is 0 Å². The molecular weight excluding hydrogens is 222 g/mol. The van der Waals surface area contributed by atoms with Crippen LogP contribution in [0.1, 0.15) is 43.4 Å². The summed E-state index contributed by atoms with van der Waals surface area (Å²) in [6, 6.07) is 8.94. The van der Waals surface area contributed by atoms with Crippen LogP contribution in [0.4, 0.5) is 0 Å². The molecule has 0 spiro atoms. The molecule has 0 amide bonds. The van der Waals surface area contributed by atoms with E-state index in [1.165, 1.54) is 11.1 Å². The Labute approximate surface area is 110 Å². The van der Waals surface area contributed by atoms with Crippen molar-refractivity contribution in [3.05, 3.63) is 47.2 Å². The first kappa shape index (κ1) is 13.2. The summed E-state index contributed by atoms with van der Waals surface area (Å²) in [6.07, 6.45) is 5.63. The standard InChI is InChI=1S/C16H23NO/c1-3-11-17-16(15-6-4-5-12-18-15)14-9-7-13(2)8-10-14/h6-10,16-17H,3-5,11-12H2,1-2H3. The zero-order chi connectivity index (χ0) is 12.8. The third-order valence-electron chi connectivity index (χ3n) is 3.26. The highest BCUT2D eigenvalue weighted by Crippen LogP contribution is 2.26. The maximum absolute atomic E-state index is 5.82. The summed E-state index contributed by atoms with van der Waals surface area (Å²) in [6.45, 7) is 6.17. The van der Waals surface area contributed by atoms with Gasteiger partial charge in [-0.3, -0.25) is 0 Å². The largest absolute Gasteiger partial charge is 0.496 e. The first-order valence-corrected chi connectivity index (χ1v) is 6.94. The van der Waals surface area contributed by atoms with Gasteiger partial charge in [-0.15, -0.1) is 0 Å². The molecule has 1 unspecified atom stereocenters. The van der Waals surface area contributed by atoms with Gasteiger partial charge in [0.25, 0.3) is 0 Å². The molecule has 98 valence electrons. The highest BCUT2D eigenvalue weighted by Gasteiger charge is 2.18. The van der Waals surface area contributed by atoms with Crippen LogP contribution >= 0.6 is 0 Å². The smallest absolute Gasteiger partial charge is 0.113 e. The second kappa shape index (κ2) is 6.60. The van der Waals surface area contributed by atoms with Gasteiger partial charge in [-0.2, -0.15) is 0 Å². The molecule has 0 aromatic heterocycles. The van der Waals surface area contributed by atoms with Gasteiger partial charge >= 0.3 is 0 Å². The minimum atomic E-state index is 0.214. The first-order chi connectivity index (χ1) is 8.81. The number of ether oxygens (including phenoxy) is 1. The summed E-state index contributed by atoms with van der Waals surface area (Å²) in [5.41, 5.74) is 2.59. The van der Waals surface area contributed by atoms with Crippen LogP contribution in [0.5, 0.6) is 0 Å². The van der Waals surface area contributed by atoms with Crippen LogP contribution in [0.2, 0.25) is 0 Å². The number of rotatable bonds is 5. The maximum atomic E-state index is 5.82. The van der Waals surface area contributed by atoms with Crippen molar-refractivity contribution in [2.75, 3.05) is 13.2 Å². The quantitative estimate of drug-likeness (QED) is 0.853. The minimum Gasteiger partial charge on any atom is -0.496 e. The number of hydrogen-bond acceptors (Lipinski definition) is 2. The van der Waals surface area contributed by atoms with Crippen LogP contribution < -0.4 is 5.32 Å². The van der Waals surface area contributed by atoms with Crippen molar-refractivity contribution >= 4 is 0 Å². The molecule has 1 aliphatic heterocycles. The third kappa shape index (κ3) is 3.36. The summed E-state index contributed by atoms with van der Waals surface area (Å²) >= 11 is 0. The molecule has 0 fully saturated rings. The van der Waals surface area contributed by atoms with Crippen LogP contribution in [0.15, 0.2) is 36.1 Å². The van der Waals surface area contributed by atoms with Crippen LogP contribution in [0.3, 0.4) is 0 Å². The summed E-state index contributed by atoms with van der Waals surface area (Å²) < 4.78 is 5.82. The van der Waals surface area contributed by atoms with Gasteiger partial charge in [0.05, 0.1) is 12.6 Å². The Bertz CT molecular complexity index is 394. The van der Waals surface area contributed by atoms with Crippen LogP contribution in [-0.2, 0) is 4.74 Å². The summed E-state index contributed by atoms with van der Waals surface area (Å²) in [4.78, 5) is 0. The maximum Gasteiger partial charge on any atom is 0.113 e. The molecule has 1 aromatic carbocycles. The van der Waals surface area contributed by atoms with E-state index in [9.17, 15) is 0 Å². The Morgan fingerprint density at radius 3 is 2.67 bits per heavy atom. The van der Waals surface area contributed by atoms with E-state index in [1.54, 1.807) is 0 Å². The first-order valence-electron chi connectivity index (χ1n) is 6.94. The molecule has 0 aliphatic carbocycles. The van der Waals surface area contributed by atoms with Crippen molar-refractivity contribution < 1.29 is 4.74 Å². The Morgan fingerprint density at radius 2 is 2.06 bits per heavy atom. The topological polar surface area (TPSA) is 21.3 Å². The van der Waals surface area contributed by atoms with Gasteiger partial charge in [-0.05, 0) is 44.4 Å². The Hall–Kier alpha value is -1.28. The fraction of sp³-hybridized carbons (Fsp3) is 0.500. The molecule has 18 heavy (non-hydrogen) atoms. The third-order valence-corrected chi connectivity index (χ3v) is 3.26. The van der Waals surface area contributed by atoms with E-state index in [2.05, 4.69) is 49.5 Å². The molecule has 1 atom stereocenters. The molecule has 2 rings (SSSR count). The predicted octanol–water partition coefficient (Wildman–Crippen LogP) is 3.73. The van der Waals surface area contributed by atoms with Crippen LogP contribution in [-0.4, -0.2) is 13.2 Å². The Morgan fingerprint density at radius 1 is 1.28 bits per heavy atom. The van der Waals surface area contributed by atoms with Gasteiger partial charge in [-0.25, -0.2) is 0 Å². The Balaban J connectivity index is 2.18. The van der Waals surface area contributed by atoms with E-state index in [-0.39, 0.29) is 6.04 Å². The molecule has 1 heterocycles. The zero-order valence-electron chi connectivity index (χ0n) is 11.4. The lowest BCUT2D eigenvalue weighted by atomic mass is 10.0. The van der Waals surface area contributed by atoms with Crippen LogP contribution in [0, 0.1) is 6.92 Å². The van der Waals surface area contributed by atoms with Gasteiger partial charge in [0.1, 0.15) is 5.76 Å². The van der Waals surface area contributed by atoms with Gasteiger partial charge < -0.3 is 10.1 Å². The number of allylic oxidation sites excluding steroid dienone is 1. The van der Waals surface area contributed by atoms with Crippen molar-refractivity contribution in [2.24, 2.45) is 0 Å². The fourth-order valence-corrected chi connectivity index (χ4v) is 2.21. The average Bonchev–Trinajstić information content (AvgIpc) is 2.42. The predicted molar refractivity (Wildman–Crippen MR) is 75.5 cm³/mol. The molecule has 2 heteroatoms. The summed E-state index contributed by atoms with van der Waals surface area (Å²) in [5, 5.41) is 3.58. The lowest BCUT2D eigenvalue weighted by Crippen LogP contribution is -2.26. The number of aryl methyl sites for hydroxylation is 1. The molecule has 2 nitrogen and oxygen atoms in total. The monoisotopic (exact) mass is 245 g/mol. The van der Waals surface area contributed by atoms with Crippen molar-refractivity contribution in [1.29, 1.82) is 0 Å². The molecular formula is C16H23NO. The van der Waals surface area contributed by atoms with Gasteiger partial charge in [0, 0.05) is 0 Å². The molecule has 0 saturated heterocycles. The van der Waals surface area contributed by atoms with Crippen molar-refractivity contribution in [1.82, 2.24) is 5.32 Å². The molecule has 0 radical (unpaired) electrons. The number of hydrogen-bond donors (Lipinski definition) is 1. The lowest BCUT2D eigenvalue weighted by Gasteiger charge is -2.25. The van der Waals surface area contributed by atoms with E-state index in [1.807, 2.05) is 0 Å². The Kier molecular flexibility index (Phi) is 4.82. The van der Waals surface area contributed by atoms with Crippen molar-refractivity contribution in [2.45, 2.75) is 39.2 Å². The summed E-state index contributed by atoms with van der Waals surface area (Å²) in [7, 11) is 0. The van der Waals surface area contributed by atoms with Crippen molar-refractivity contribution in [3.8, 4) is 0 Å². The summed E-state index contributed by atoms with van der Waals surface area (Å²) in [5.74, 6) is 1.10. The second-order valence-corrected chi connectivity index (χ2v) is 4.90. The molecule has 1 aliphatic rings. The van der Waals surface area contributed by atoms with Crippen molar-refractivity contribution in [3.63, 3.8) is 0 Å². The van der Waals surface area contributed by atoms with Gasteiger partial charge in [0.15, 0.2) is 0 Å². The SMILES string of the molecule is CCCNC(C1=CCCCO1)c1ccc(C)cc1. The van der Waals surface area contributed by atoms with Crippen LogP contribution in [0.25, 0.3) is 0 Å².